The Morgan fingerprint density at radius 1 is 1.52 bits per heavy atom. The number of amides is 1. The fourth-order valence-corrected chi connectivity index (χ4v) is 3.07. The summed E-state index contributed by atoms with van der Waals surface area (Å²) < 4.78 is 5.55. The van der Waals surface area contributed by atoms with E-state index >= 15 is 0 Å². The third-order valence-electron chi connectivity index (χ3n) is 3.23. The Hall–Kier alpha value is -1.55. The molecule has 6 heteroatoms. The first kappa shape index (κ1) is 15.8. The lowest BCUT2D eigenvalue weighted by Crippen LogP contribution is -2.50. The summed E-state index contributed by atoms with van der Waals surface area (Å²) in [7, 11) is 0. The number of benzene rings is 1. The number of hydrogen-bond donors (Lipinski definition) is 1. The molecule has 21 heavy (non-hydrogen) atoms. The summed E-state index contributed by atoms with van der Waals surface area (Å²) in [5, 5.41) is 17.9. The number of morpholine rings is 1. The Morgan fingerprint density at radius 2 is 2.29 bits per heavy atom. The molecule has 5 nitrogen and oxygen atoms in total. The second-order valence-corrected chi connectivity index (χ2v) is 5.92. The second kappa shape index (κ2) is 7.46. The van der Waals surface area contributed by atoms with Crippen LogP contribution >= 0.6 is 11.8 Å². The smallest absolute Gasteiger partial charge is 0.255 e. The van der Waals surface area contributed by atoms with Crippen LogP contribution in [0, 0.1) is 11.3 Å². The van der Waals surface area contributed by atoms with E-state index < -0.39 is 0 Å². The number of nitrogens with zero attached hydrogens (tertiary/aromatic N) is 2. The molecule has 2 unspecified atom stereocenters. The van der Waals surface area contributed by atoms with E-state index in [1.54, 1.807) is 11.0 Å². The van der Waals surface area contributed by atoms with Gasteiger partial charge in [0.25, 0.3) is 5.91 Å². The molecule has 1 aliphatic rings. The Labute approximate surface area is 128 Å². The summed E-state index contributed by atoms with van der Waals surface area (Å²) in [5.74, 6) is 0.230. The van der Waals surface area contributed by atoms with Gasteiger partial charge in [-0.1, -0.05) is 12.1 Å². The van der Waals surface area contributed by atoms with Crippen molar-refractivity contribution >= 4 is 17.7 Å². The normalized spacial score (nSPS) is 21.9. The Kier molecular flexibility index (Phi) is 5.62. The number of carbonyl (C=O) groups is 1. The summed E-state index contributed by atoms with van der Waals surface area (Å²) in [6, 6.07) is 9.37. The molecule has 0 saturated carbocycles. The van der Waals surface area contributed by atoms with E-state index in [0.29, 0.717) is 24.4 Å². The molecule has 2 atom stereocenters. The molecule has 0 bridgehead atoms. The van der Waals surface area contributed by atoms with Crippen LogP contribution in [0.4, 0.5) is 0 Å². The number of ether oxygens (including phenoxy) is 1. The van der Waals surface area contributed by atoms with Crippen molar-refractivity contribution in [3.05, 3.63) is 29.8 Å². The number of rotatable bonds is 4. The molecule has 1 aromatic rings. The Balaban J connectivity index is 2.17. The molecule has 0 spiro atoms. The third-order valence-corrected chi connectivity index (χ3v) is 4.17. The van der Waals surface area contributed by atoms with Gasteiger partial charge in [0.15, 0.2) is 0 Å². The van der Waals surface area contributed by atoms with Gasteiger partial charge in [-0.05, 0) is 19.1 Å². The number of hydrogen-bond acceptors (Lipinski definition) is 5. The number of carbonyl (C=O) groups excluding carboxylic acids is 1. The molecule has 0 radical (unpaired) electrons. The largest absolute Gasteiger partial charge is 0.394 e. The highest BCUT2D eigenvalue weighted by molar-refractivity contribution is 7.99. The van der Waals surface area contributed by atoms with E-state index in [2.05, 4.69) is 6.07 Å². The summed E-state index contributed by atoms with van der Waals surface area (Å²) in [6.45, 7) is 2.68. The highest BCUT2D eigenvalue weighted by Gasteiger charge is 2.29. The summed E-state index contributed by atoms with van der Waals surface area (Å²) in [6.07, 6.45) is -0.435. The lowest BCUT2D eigenvalue weighted by atomic mass is 10.1. The molecule has 0 aromatic heterocycles. The molecule has 1 amide bonds. The molecule has 0 aliphatic carbocycles. The maximum atomic E-state index is 12.7. The van der Waals surface area contributed by atoms with E-state index in [-0.39, 0.29) is 24.7 Å². The van der Waals surface area contributed by atoms with E-state index in [9.17, 15) is 9.90 Å². The van der Waals surface area contributed by atoms with E-state index in [0.717, 1.165) is 4.90 Å². The fraction of sp³-hybridized carbons (Fsp3) is 0.467. The number of thioether (sulfide) groups is 1. The van der Waals surface area contributed by atoms with Crippen LogP contribution < -0.4 is 0 Å². The van der Waals surface area contributed by atoms with Gasteiger partial charge in [-0.15, -0.1) is 11.8 Å². The van der Waals surface area contributed by atoms with Crippen molar-refractivity contribution in [1.29, 1.82) is 5.26 Å². The standard InChI is InChI=1S/C15H18N2O3S/c1-11-8-17(9-12(10-18)20-11)15(19)13-4-2-3-5-14(13)21-7-6-16/h2-5,11-12,18H,7-10H2,1H3. The number of nitriles is 1. The highest BCUT2D eigenvalue weighted by Crippen LogP contribution is 2.24. The zero-order chi connectivity index (χ0) is 15.2. The van der Waals surface area contributed by atoms with Crippen molar-refractivity contribution in [3.8, 4) is 6.07 Å². The molecule has 1 aromatic carbocycles. The average Bonchev–Trinajstić information content (AvgIpc) is 2.51. The maximum Gasteiger partial charge on any atom is 0.255 e. The van der Waals surface area contributed by atoms with E-state index in [4.69, 9.17) is 10.00 Å². The lowest BCUT2D eigenvalue weighted by molar-refractivity contribution is -0.0859. The average molecular weight is 306 g/mol. The molecule has 1 heterocycles. The van der Waals surface area contributed by atoms with Gasteiger partial charge >= 0.3 is 0 Å². The van der Waals surface area contributed by atoms with E-state index in [1.165, 1.54) is 11.8 Å². The van der Waals surface area contributed by atoms with Gasteiger partial charge in [-0.3, -0.25) is 4.79 Å². The van der Waals surface area contributed by atoms with Crippen molar-refractivity contribution in [2.75, 3.05) is 25.4 Å². The zero-order valence-electron chi connectivity index (χ0n) is 11.9. The van der Waals surface area contributed by atoms with E-state index in [1.807, 2.05) is 25.1 Å². The molecule has 1 saturated heterocycles. The van der Waals surface area contributed by atoms with Crippen molar-refractivity contribution in [1.82, 2.24) is 4.90 Å². The third kappa shape index (κ3) is 3.97. The van der Waals surface area contributed by atoms with Crippen molar-refractivity contribution < 1.29 is 14.6 Å². The predicted molar refractivity (Wildman–Crippen MR) is 80.1 cm³/mol. The van der Waals surface area contributed by atoms with Gasteiger partial charge < -0.3 is 14.7 Å². The van der Waals surface area contributed by atoms with Crippen LogP contribution in [-0.2, 0) is 4.74 Å². The Bertz CT molecular complexity index is 544. The minimum Gasteiger partial charge on any atom is -0.394 e. The molecular formula is C15H18N2O3S. The summed E-state index contributed by atoms with van der Waals surface area (Å²) >= 11 is 1.36. The van der Waals surface area contributed by atoms with Gasteiger partial charge in [0.1, 0.15) is 0 Å². The molecule has 2 rings (SSSR count). The molecule has 1 fully saturated rings. The summed E-state index contributed by atoms with van der Waals surface area (Å²) in [5.41, 5.74) is 0.600. The molecule has 112 valence electrons. The van der Waals surface area contributed by atoms with Crippen LogP contribution in [0.2, 0.25) is 0 Å². The SMILES string of the molecule is CC1CN(C(=O)c2ccccc2SCC#N)CC(CO)O1. The molecule has 1 N–H and O–H groups in total. The van der Waals surface area contributed by atoms with Crippen molar-refractivity contribution in [2.24, 2.45) is 0 Å². The predicted octanol–water partition coefficient (Wildman–Crippen LogP) is 1.52. The first-order valence-corrected chi connectivity index (χ1v) is 7.78. The topological polar surface area (TPSA) is 73.6 Å². The van der Waals surface area contributed by atoms with Gasteiger partial charge in [-0.25, -0.2) is 0 Å². The van der Waals surface area contributed by atoms with Crippen LogP contribution in [0.15, 0.2) is 29.2 Å². The van der Waals surface area contributed by atoms with Crippen molar-refractivity contribution in [3.63, 3.8) is 0 Å². The fourth-order valence-electron chi connectivity index (χ4n) is 2.36. The lowest BCUT2D eigenvalue weighted by Gasteiger charge is -2.36. The van der Waals surface area contributed by atoms with Crippen LogP contribution in [0.5, 0.6) is 0 Å². The zero-order valence-corrected chi connectivity index (χ0v) is 12.7. The Morgan fingerprint density at radius 3 is 3.00 bits per heavy atom. The van der Waals surface area contributed by atoms with Crippen LogP contribution in [-0.4, -0.2) is 53.6 Å². The van der Waals surface area contributed by atoms with Gasteiger partial charge in [0.2, 0.25) is 0 Å². The van der Waals surface area contributed by atoms with Gasteiger partial charge in [0.05, 0.1) is 36.2 Å². The summed E-state index contributed by atoms with van der Waals surface area (Å²) in [4.78, 5) is 15.2. The number of aliphatic hydroxyl groups is 1. The van der Waals surface area contributed by atoms with Crippen LogP contribution in [0.1, 0.15) is 17.3 Å². The molecular weight excluding hydrogens is 288 g/mol. The minimum atomic E-state index is -0.336. The second-order valence-electron chi connectivity index (χ2n) is 4.90. The van der Waals surface area contributed by atoms with Gasteiger partial charge in [0, 0.05) is 18.0 Å². The maximum absolute atomic E-state index is 12.7. The first-order chi connectivity index (χ1) is 10.2. The minimum absolute atomic E-state index is 0.0790. The quantitative estimate of drug-likeness (QED) is 0.854. The monoisotopic (exact) mass is 306 g/mol. The highest BCUT2D eigenvalue weighted by atomic mass is 32.2. The molecule has 1 aliphatic heterocycles. The van der Waals surface area contributed by atoms with Crippen LogP contribution in [0.3, 0.4) is 0 Å². The first-order valence-electron chi connectivity index (χ1n) is 6.80. The van der Waals surface area contributed by atoms with Gasteiger partial charge in [-0.2, -0.15) is 5.26 Å². The van der Waals surface area contributed by atoms with Crippen LogP contribution in [0.25, 0.3) is 0 Å². The number of aliphatic hydroxyl groups excluding tert-OH is 1. The van der Waals surface area contributed by atoms with Crippen molar-refractivity contribution in [2.45, 2.75) is 24.0 Å².